The third-order valence-electron chi connectivity index (χ3n) is 2.84. The molecule has 96 valence electrons. The van der Waals surface area contributed by atoms with E-state index < -0.39 is 5.97 Å². The van der Waals surface area contributed by atoms with Crippen molar-refractivity contribution in [2.24, 2.45) is 0 Å². The number of carboxylic acids is 1. The molecule has 0 saturated heterocycles. The summed E-state index contributed by atoms with van der Waals surface area (Å²) in [5.74, 6) is -1.24. The third kappa shape index (κ3) is 3.28. The lowest BCUT2D eigenvalue weighted by Crippen LogP contribution is -1.90. The molecule has 0 amide bonds. The van der Waals surface area contributed by atoms with Crippen molar-refractivity contribution in [2.75, 3.05) is 0 Å². The average Bonchev–Trinajstić information content (AvgIpc) is 2.39. The van der Waals surface area contributed by atoms with Gasteiger partial charge < -0.3 is 5.11 Å². The van der Waals surface area contributed by atoms with E-state index in [1.54, 1.807) is 19.1 Å². The predicted molar refractivity (Wildman–Crippen MR) is 73.1 cm³/mol. The number of carboxylic acid groups (broad SMARTS) is 1. The molecule has 0 heterocycles. The Morgan fingerprint density at radius 1 is 1.11 bits per heavy atom. The van der Waals surface area contributed by atoms with Crippen LogP contribution in [0.1, 0.15) is 12.5 Å². The maximum Gasteiger partial charge on any atom is 0.328 e. The van der Waals surface area contributed by atoms with Crippen LogP contribution >= 0.6 is 0 Å². The van der Waals surface area contributed by atoms with Gasteiger partial charge in [0.1, 0.15) is 5.82 Å². The van der Waals surface area contributed by atoms with E-state index in [0.29, 0.717) is 5.57 Å². The van der Waals surface area contributed by atoms with Gasteiger partial charge in [0.2, 0.25) is 0 Å². The van der Waals surface area contributed by atoms with E-state index in [2.05, 4.69) is 0 Å². The summed E-state index contributed by atoms with van der Waals surface area (Å²) in [4.78, 5) is 10.7. The van der Waals surface area contributed by atoms with Crippen molar-refractivity contribution in [1.29, 1.82) is 0 Å². The van der Waals surface area contributed by atoms with E-state index in [4.69, 9.17) is 5.11 Å². The van der Waals surface area contributed by atoms with Crippen molar-refractivity contribution in [3.05, 3.63) is 66.0 Å². The highest BCUT2D eigenvalue weighted by Crippen LogP contribution is 2.23. The summed E-state index contributed by atoms with van der Waals surface area (Å²) in [6, 6.07) is 13.7. The zero-order valence-corrected chi connectivity index (χ0v) is 10.4. The number of halogens is 1. The van der Waals surface area contributed by atoms with Gasteiger partial charge in [0, 0.05) is 6.08 Å². The first-order chi connectivity index (χ1) is 9.06. The summed E-state index contributed by atoms with van der Waals surface area (Å²) in [7, 11) is 0. The number of allylic oxidation sites excluding steroid dienone is 1. The largest absolute Gasteiger partial charge is 0.478 e. The molecular weight excluding hydrogens is 243 g/mol. The number of aliphatic carboxylic acids is 1. The van der Waals surface area contributed by atoms with Crippen molar-refractivity contribution in [3.8, 4) is 11.1 Å². The lowest BCUT2D eigenvalue weighted by atomic mass is 9.99. The zero-order chi connectivity index (χ0) is 13.8. The fourth-order valence-electron chi connectivity index (χ4n) is 1.85. The highest BCUT2D eigenvalue weighted by molar-refractivity contribution is 5.90. The first-order valence-electron chi connectivity index (χ1n) is 5.84. The Hall–Kier alpha value is -2.42. The molecule has 0 unspecified atom stereocenters. The van der Waals surface area contributed by atoms with Gasteiger partial charge in [0.25, 0.3) is 0 Å². The maximum absolute atomic E-state index is 12.9. The first kappa shape index (κ1) is 13.0. The molecule has 2 nitrogen and oxygen atoms in total. The normalized spacial score (nSPS) is 11.4. The Balaban J connectivity index is 2.39. The van der Waals surface area contributed by atoms with E-state index in [-0.39, 0.29) is 5.82 Å². The Morgan fingerprint density at radius 3 is 2.42 bits per heavy atom. The molecule has 2 aromatic carbocycles. The SMILES string of the molecule is C/C(=C\C(=O)O)c1cccc(-c2ccc(F)cc2)c1. The summed E-state index contributed by atoms with van der Waals surface area (Å²) >= 11 is 0. The Morgan fingerprint density at radius 2 is 1.79 bits per heavy atom. The van der Waals surface area contributed by atoms with Gasteiger partial charge in [0.05, 0.1) is 0 Å². The van der Waals surface area contributed by atoms with Crippen molar-refractivity contribution in [1.82, 2.24) is 0 Å². The fourth-order valence-corrected chi connectivity index (χ4v) is 1.85. The van der Waals surface area contributed by atoms with Gasteiger partial charge in [-0.2, -0.15) is 0 Å². The summed E-state index contributed by atoms with van der Waals surface area (Å²) in [6.45, 7) is 1.75. The van der Waals surface area contributed by atoms with Crippen LogP contribution in [0.25, 0.3) is 16.7 Å². The van der Waals surface area contributed by atoms with Gasteiger partial charge in [-0.3, -0.25) is 0 Å². The number of rotatable bonds is 3. The van der Waals surface area contributed by atoms with Crippen LogP contribution in [0.2, 0.25) is 0 Å². The molecule has 0 atom stereocenters. The second-order valence-electron chi connectivity index (χ2n) is 4.25. The molecule has 0 fully saturated rings. The fraction of sp³-hybridized carbons (Fsp3) is 0.0625. The molecule has 19 heavy (non-hydrogen) atoms. The smallest absolute Gasteiger partial charge is 0.328 e. The van der Waals surface area contributed by atoms with E-state index in [1.807, 2.05) is 24.3 Å². The Bertz CT molecular complexity index is 627. The average molecular weight is 256 g/mol. The van der Waals surface area contributed by atoms with Crippen LogP contribution in [0, 0.1) is 5.82 Å². The minimum absolute atomic E-state index is 0.276. The van der Waals surface area contributed by atoms with Crippen molar-refractivity contribution >= 4 is 11.5 Å². The quantitative estimate of drug-likeness (QED) is 0.843. The second kappa shape index (κ2) is 5.48. The van der Waals surface area contributed by atoms with Gasteiger partial charge in [-0.05, 0) is 47.4 Å². The molecule has 2 aromatic rings. The predicted octanol–water partition coefficient (Wildman–Crippen LogP) is 3.98. The number of hydrogen-bond acceptors (Lipinski definition) is 1. The highest BCUT2D eigenvalue weighted by atomic mass is 19.1. The van der Waals surface area contributed by atoms with Gasteiger partial charge in [0.15, 0.2) is 0 Å². The van der Waals surface area contributed by atoms with Crippen LogP contribution in [0.4, 0.5) is 4.39 Å². The molecule has 0 bridgehead atoms. The standard InChI is InChI=1S/C16H13FO2/c1-11(9-16(18)19)13-3-2-4-14(10-13)12-5-7-15(17)8-6-12/h2-10H,1H3,(H,18,19)/b11-9+. The molecule has 2 rings (SSSR count). The van der Waals surface area contributed by atoms with E-state index in [0.717, 1.165) is 16.7 Å². The molecule has 1 N–H and O–H groups in total. The van der Waals surface area contributed by atoms with Crippen molar-refractivity contribution < 1.29 is 14.3 Å². The first-order valence-corrected chi connectivity index (χ1v) is 5.84. The van der Waals surface area contributed by atoms with Gasteiger partial charge >= 0.3 is 5.97 Å². The monoisotopic (exact) mass is 256 g/mol. The minimum Gasteiger partial charge on any atom is -0.478 e. The molecule has 0 spiro atoms. The molecule has 0 aliphatic carbocycles. The molecule has 0 aliphatic heterocycles. The number of hydrogen-bond donors (Lipinski definition) is 1. The molecule has 0 saturated carbocycles. The van der Waals surface area contributed by atoms with Crippen molar-refractivity contribution in [2.45, 2.75) is 6.92 Å². The van der Waals surface area contributed by atoms with Crippen LogP contribution < -0.4 is 0 Å². The lowest BCUT2D eigenvalue weighted by molar-refractivity contribution is -0.131. The zero-order valence-electron chi connectivity index (χ0n) is 10.4. The van der Waals surface area contributed by atoms with Gasteiger partial charge in [-0.1, -0.05) is 30.3 Å². The van der Waals surface area contributed by atoms with E-state index in [9.17, 15) is 9.18 Å². The highest BCUT2D eigenvalue weighted by Gasteiger charge is 2.02. The van der Waals surface area contributed by atoms with Crippen LogP contribution in [-0.4, -0.2) is 11.1 Å². The molecule has 0 aromatic heterocycles. The van der Waals surface area contributed by atoms with Crippen LogP contribution in [-0.2, 0) is 4.79 Å². The van der Waals surface area contributed by atoms with E-state index >= 15 is 0 Å². The van der Waals surface area contributed by atoms with Crippen molar-refractivity contribution in [3.63, 3.8) is 0 Å². The molecule has 3 heteroatoms. The van der Waals surface area contributed by atoms with Crippen LogP contribution in [0.3, 0.4) is 0 Å². The number of benzene rings is 2. The Labute approximate surface area is 110 Å². The van der Waals surface area contributed by atoms with Gasteiger partial charge in [-0.25, -0.2) is 9.18 Å². The summed E-state index contributed by atoms with van der Waals surface area (Å²) < 4.78 is 12.9. The number of carbonyl (C=O) groups is 1. The maximum atomic E-state index is 12.9. The van der Waals surface area contributed by atoms with Crippen LogP contribution in [0.15, 0.2) is 54.6 Å². The summed E-state index contributed by atoms with van der Waals surface area (Å²) in [5.41, 5.74) is 3.34. The third-order valence-corrected chi connectivity index (χ3v) is 2.84. The van der Waals surface area contributed by atoms with Crippen LogP contribution in [0.5, 0.6) is 0 Å². The summed E-state index contributed by atoms with van der Waals surface area (Å²) in [5, 5.41) is 8.74. The minimum atomic E-state index is -0.968. The topological polar surface area (TPSA) is 37.3 Å². The van der Waals surface area contributed by atoms with E-state index in [1.165, 1.54) is 18.2 Å². The van der Waals surface area contributed by atoms with Gasteiger partial charge in [-0.15, -0.1) is 0 Å². The molecule has 0 radical (unpaired) electrons. The molecule has 0 aliphatic rings. The lowest BCUT2D eigenvalue weighted by Gasteiger charge is -2.06. The second-order valence-corrected chi connectivity index (χ2v) is 4.25. The Kier molecular flexibility index (Phi) is 3.76. The molecular formula is C16H13FO2. The summed E-state index contributed by atoms with van der Waals surface area (Å²) in [6.07, 6.45) is 1.17.